The molecule has 1 N–H and O–H groups in total. The summed E-state index contributed by atoms with van der Waals surface area (Å²) in [5, 5.41) is 2.92. The van der Waals surface area contributed by atoms with Crippen LogP contribution in [0.5, 0.6) is 6.01 Å². The van der Waals surface area contributed by atoms with Gasteiger partial charge in [0.05, 0.1) is 24.0 Å². The molecule has 0 aliphatic carbocycles. The maximum Gasteiger partial charge on any atom is 0.407 e. The van der Waals surface area contributed by atoms with Gasteiger partial charge in [-0.25, -0.2) is 14.8 Å². The smallest absolute Gasteiger partial charge is 0.407 e. The molecule has 1 aliphatic heterocycles. The van der Waals surface area contributed by atoms with Gasteiger partial charge in [-0.05, 0) is 18.4 Å². The number of piperidine rings is 1. The molecule has 9 heteroatoms. The molecule has 1 saturated heterocycles. The molecule has 2 aromatic rings. The summed E-state index contributed by atoms with van der Waals surface area (Å²) in [6.45, 7) is 1.05. The highest BCUT2D eigenvalue weighted by atomic mass is 35.5. The van der Waals surface area contributed by atoms with Crippen LogP contribution in [0.1, 0.15) is 18.4 Å². The van der Waals surface area contributed by atoms with E-state index in [0.29, 0.717) is 18.1 Å². The van der Waals surface area contributed by atoms with Crippen molar-refractivity contribution < 1.29 is 19.1 Å². The van der Waals surface area contributed by atoms with Crippen LogP contribution in [0.15, 0.2) is 42.7 Å². The van der Waals surface area contributed by atoms with E-state index in [1.807, 2.05) is 30.3 Å². The van der Waals surface area contributed by atoms with Crippen LogP contribution in [0, 0.1) is 0 Å². The number of likely N-dealkylation sites (tertiary alicyclic amines) is 1. The molecule has 0 saturated carbocycles. The lowest BCUT2D eigenvalue weighted by atomic mass is 10.1. The van der Waals surface area contributed by atoms with E-state index >= 15 is 0 Å². The van der Waals surface area contributed by atoms with Crippen LogP contribution in [-0.4, -0.2) is 52.6 Å². The van der Waals surface area contributed by atoms with Crippen LogP contribution in [-0.2, 0) is 16.1 Å². The molecule has 1 atom stereocenters. The third-order valence-corrected chi connectivity index (χ3v) is 4.39. The maximum atomic E-state index is 12.4. The van der Waals surface area contributed by atoms with E-state index < -0.39 is 6.09 Å². The van der Waals surface area contributed by atoms with Gasteiger partial charge in [0.1, 0.15) is 19.3 Å². The number of hydrogen-bond acceptors (Lipinski definition) is 6. The van der Waals surface area contributed by atoms with Crippen molar-refractivity contribution in [1.29, 1.82) is 0 Å². The number of ether oxygens (including phenoxy) is 2. The molecule has 1 fully saturated rings. The summed E-state index contributed by atoms with van der Waals surface area (Å²) < 4.78 is 10.8. The van der Waals surface area contributed by atoms with Crippen LogP contribution in [0.4, 0.5) is 4.79 Å². The zero-order valence-corrected chi connectivity index (χ0v) is 16.0. The molecule has 2 amide bonds. The second-order valence-electron chi connectivity index (χ2n) is 6.32. The first-order chi connectivity index (χ1) is 13.6. The van der Waals surface area contributed by atoms with Crippen molar-refractivity contribution in [3.05, 3.63) is 53.3 Å². The zero-order valence-electron chi connectivity index (χ0n) is 15.2. The standard InChI is InChI=1S/C19H21ClN4O4/c20-15-9-21-18(22-10-15)28-16-7-4-8-24(12-16)17(25)11-23-19(26)27-13-14-5-2-1-3-6-14/h1-3,5-6,9-10,16H,4,7-8,11-13H2,(H,23,26). The molecule has 1 unspecified atom stereocenters. The molecule has 1 aromatic heterocycles. The Hall–Kier alpha value is -2.87. The summed E-state index contributed by atoms with van der Waals surface area (Å²) in [7, 11) is 0. The van der Waals surface area contributed by atoms with Crippen LogP contribution in [0.3, 0.4) is 0 Å². The Labute approximate surface area is 167 Å². The third-order valence-electron chi connectivity index (χ3n) is 4.20. The van der Waals surface area contributed by atoms with Gasteiger partial charge in [0, 0.05) is 6.54 Å². The first kappa shape index (κ1) is 19.9. The number of hydrogen-bond donors (Lipinski definition) is 1. The predicted molar refractivity (Wildman–Crippen MR) is 102 cm³/mol. The van der Waals surface area contributed by atoms with E-state index in [1.54, 1.807) is 4.90 Å². The molecular formula is C19H21ClN4O4. The zero-order chi connectivity index (χ0) is 19.8. The molecule has 0 bridgehead atoms. The van der Waals surface area contributed by atoms with Crippen molar-refractivity contribution in [3.8, 4) is 6.01 Å². The Morgan fingerprint density at radius 1 is 1.21 bits per heavy atom. The van der Waals surface area contributed by atoms with Crippen LogP contribution in [0.25, 0.3) is 0 Å². The predicted octanol–water partition coefficient (Wildman–Crippen LogP) is 2.43. The fraction of sp³-hybridized carbons (Fsp3) is 0.368. The van der Waals surface area contributed by atoms with Crippen molar-refractivity contribution >= 4 is 23.6 Å². The molecule has 0 radical (unpaired) electrons. The van der Waals surface area contributed by atoms with Gasteiger partial charge in [0.15, 0.2) is 0 Å². The average molecular weight is 405 g/mol. The summed E-state index contributed by atoms with van der Waals surface area (Å²) in [6, 6.07) is 9.56. The Bertz CT molecular complexity index is 788. The molecule has 3 rings (SSSR count). The monoisotopic (exact) mass is 404 g/mol. The molecule has 0 spiro atoms. The molecule has 8 nitrogen and oxygen atoms in total. The van der Waals surface area contributed by atoms with Crippen molar-refractivity contribution in [3.63, 3.8) is 0 Å². The normalized spacial score (nSPS) is 16.3. The highest BCUT2D eigenvalue weighted by molar-refractivity contribution is 6.30. The van der Waals surface area contributed by atoms with Gasteiger partial charge in [-0.2, -0.15) is 0 Å². The minimum absolute atomic E-state index is 0.127. The number of halogens is 1. The van der Waals surface area contributed by atoms with E-state index in [0.717, 1.165) is 18.4 Å². The minimum atomic E-state index is -0.628. The molecule has 148 valence electrons. The Morgan fingerprint density at radius 2 is 1.96 bits per heavy atom. The number of carbonyl (C=O) groups is 2. The highest BCUT2D eigenvalue weighted by Gasteiger charge is 2.25. The quantitative estimate of drug-likeness (QED) is 0.794. The third kappa shape index (κ3) is 6.09. The fourth-order valence-corrected chi connectivity index (χ4v) is 2.90. The van der Waals surface area contributed by atoms with Gasteiger partial charge >= 0.3 is 12.1 Å². The van der Waals surface area contributed by atoms with Crippen molar-refractivity contribution in [2.45, 2.75) is 25.6 Å². The van der Waals surface area contributed by atoms with Crippen LogP contribution >= 0.6 is 11.6 Å². The topological polar surface area (TPSA) is 93.7 Å². The summed E-state index contributed by atoms with van der Waals surface area (Å²) in [5.74, 6) is -0.193. The number of benzene rings is 1. The van der Waals surface area contributed by atoms with Crippen LogP contribution in [0.2, 0.25) is 5.02 Å². The van der Waals surface area contributed by atoms with Gasteiger partial charge in [-0.15, -0.1) is 0 Å². The molecular weight excluding hydrogens is 384 g/mol. The minimum Gasteiger partial charge on any atom is -0.458 e. The fourth-order valence-electron chi connectivity index (χ4n) is 2.81. The summed E-state index contributed by atoms with van der Waals surface area (Å²) in [4.78, 5) is 33.8. The summed E-state index contributed by atoms with van der Waals surface area (Å²) in [6.07, 6.45) is 3.67. The Balaban J connectivity index is 1.40. The first-order valence-corrected chi connectivity index (χ1v) is 9.34. The number of rotatable bonds is 6. The SMILES string of the molecule is O=C(NCC(=O)N1CCCC(Oc2ncc(Cl)cn2)C1)OCc1ccccc1. The molecule has 2 heterocycles. The van der Waals surface area contributed by atoms with Gasteiger partial charge in [-0.3, -0.25) is 4.79 Å². The lowest BCUT2D eigenvalue weighted by Crippen LogP contribution is -2.48. The number of carbonyl (C=O) groups excluding carboxylic acids is 2. The Kier molecular flexibility index (Phi) is 7.02. The maximum absolute atomic E-state index is 12.4. The van der Waals surface area contributed by atoms with Gasteiger partial charge in [0.25, 0.3) is 0 Å². The lowest BCUT2D eigenvalue weighted by Gasteiger charge is -2.32. The summed E-state index contributed by atoms with van der Waals surface area (Å²) >= 11 is 5.76. The van der Waals surface area contributed by atoms with Gasteiger partial charge in [0.2, 0.25) is 5.91 Å². The van der Waals surface area contributed by atoms with E-state index in [-0.39, 0.29) is 31.2 Å². The van der Waals surface area contributed by atoms with Gasteiger partial charge in [-0.1, -0.05) is 41.9 Å². The molecule has 28 heavy (non-hydrogen) atoms. The van der Waals surface area contributed by atoms with Crippen molar-refractivity contribution in [1.82, 2.24) is 20.2 Å². The molecule has 1 aliphatic rings. The highest BCUT2D eigenvalue weighted by Crippen LogP contribution is 2.16. The van der Waals surface area contributed by atoms with Crippen LogP contribution < -0.4 is 10.1 Å². The van der Waals surface area contributed by atoms with E-state index in [2.05, 4.69) is 15.3 Å². The number of alkyl carbamates (subject to hydrolysis) is 1. The number of amides is 2. The number of nitrogens with one attached hydrogen (secondary N) is 1. The number of aromatic nitrogens is 2. The molecule has 1 aromatic carbocycles. The van der Waals surface area contributed by atoms with E-state index in [9.17, 15) is 9.59 Å². The van der Waals surface area contributed by atoms with Crippen molar-refractivity contribution in [2.24, 2.45) is 0 Å². The van der Waals surface area contributed by atoms with Crippen molar-refractivity contribution in [2.75, 3.05) is 19.6 Å². The van der Waals surface area contributed by atoms with E-state index in [1.165, 1.54) is 12.4 Å². The second-order valence-corrected chi connectivity index (χ2v) is 6.76. The van der Waals surface area contributed by atoms with Gasteiger partial charge < -0.3 is 19.7 Å². The Morgan fingerprint density at radius 3 is 2.71 bits per heavy atom. The second kappa shape index (κ2) is 9.89. The summed E-state index contributed by atoms with van der Waals surface area (Å²) in [5.41, 5.74) is 0.879. The first-order valence-electron chi connectivity index (χ1n) is 8.96. The average Bonchev–Trinajstić information content (AvgIpc) is 2.73. The van der Waals surface area contributed by atoms with E-state index in [4.69, 9.17) is 21.1 Å². The largest absolute Gasteiger partial charge is 0.458 e. The lowest BCUT2D eigenvalue weighted by molar-refractivity contribution is -0.132. The number of nitrogens with zero attached hydrogens (tertiary/aromatic N) is 3.